The summed E-state index contributed by atoms with van der Waals surface area (Å²) in [5.74, 6) is -1.56. The monoisotopic (exact) mass is 475 g/mol. The Balaban J connectivity index is 1.34. The molecule has 0 aliphatic carbocycles. The summed E-state index contributed by atoms with van der Waals surface area (Å²) in [4.78, 5) is 33.6. The number of hydrogen-bond donors (Lipinski definition) is 2. The third kappa shape index (κ3) is 6.64. The van der Waals surface area contributed by atoms with Gasteiger partial charge in [-0.2, -0.15) is 0 Å². The number of amides is 2. The summed E-state index contributed by atoms with van der Waals surface area (Å²) in [5, 5.41) is 5.48. The van der Waals surface area contributed by atoms with E-state index in [0.717, 1.165) is 48.6 Å². The topological polar surface area (TPSA) is 77.6 Å². The van der Waals surface area contributed by atoms with Crippen LogP contribution in [0.15, 0.2) is 73.1 Å². The van der Waals surface area contributed by atoms with Gasteiger partial charge in [0.2, 0.25) is 0 Å². The third-order valence-corrected chi connectivity index (χ3v) is 6.25. The second-order valence-corrected chi connectivity index (χ2v) is 8.68. The molecule has 1 saturated heterocycles. The fraction of sp³-hybridized carbons (Fsp3) is 0.296. The molecule has 1 atom stereocenters. The maximum atomic E-state index is 13.3. The van der Waals surface area contributed by atoms with Gasteiger partial charge in [0.1, 0.15) is 5.82 Å². The van der Waals surface area contributed by atoms with Crippen molar-refractivity contribution in [3.63, 3.8) is 0 Å². The number of hydrogen-bond acceptors (Lipinski definition) is 5. The molecule has 3 aromatic rings. The molecule has 8 heteroatoms. The number of aryl methyl sites for hydroxylation is 1. The summed E-state index contributed by atoms with van der Waals surface area (Å²) in [6, 6.07) is 18.0. The van der Waals surface area contributed by atoms with Crippen LogP contribution in [-0.2, 0) is 16.1 Å². The number of nitrogens with one attached hydrogen (secondary N) is 2. The molecule has 2 N–H and O–H groups in total. The van der Waals surface area contributed by atoms with Crippen molar-refractivity contribution in [2.24, 2.45) is 0 Å². The molecule has 2 amide bonds. The molecule has 0 bridgehead atoms. The van der Waals surface area contributed by atoms with Crippen molar-refractivity contribution >= 4 is 17.5 Å². The van der Waals surface area contributed by atoms with E-state index in [0.29, 0.717) is 13.1 Å². The normalized spacial score (nSPS) is 14.9. The maximum Gasteiger partial charge on any atom is 0.309 e. The summed E-state index contributed by atoms with van der Waals surface area (Å²) >= 11 is 0. The molecule has 1 aromatic heterocycles. The number of piperazine rings is 1. The van der Waals surface area contributed by atoms with Gasteiger partial charge in [0, 0.05) is 57.3 Å². The highest BCUT2D eigenvalue weighted by Gasteiger charge is 2.26. The van der Waals surface area contributed by atoms with Crippen LogP contribution in [0.5, 0.6) is 0 Å². The van der Waals surface area contributed by atoms with Gasteiger partial charge < -0.3 is 15.5 Å². The van der Waals surface area contributed by atoms with E-state index in [1.165, 1.54) is 12.1 Å². The number of aromatic nitrogens is 1. The zero-order valence-electron chi connectivity index (χ0n) is 19.8. The number of halogens is 1. The van der Waals surface area contributed by atoms with Gasteiger partial charge in [-0.1, -0.05) is 35.9 Å². The van der Waals surface area contributed by atoms with E-state index in [4.69, 9.17) is 0 Å². The number of carbonyl (C=O) groups is 2. The predicted molar refractivity (Wildman–Crippen MR) is 133 cm³/mol. The number of carbonyl (C=O) groups excluding carboxylic acids is 2. The van der Waals surface area contributed by atoms with Crippen LogP contribution >= 0.6 is 0 Å². The molecule has 2 aromatic carbocycles. The Morgan fingerprint density at radius 3 is 2.29 bits per heavy atom. The van der Waals surface area contributed by atoms with Crippen molar-refractivity contribution in [3.8, 4) is 0 Å². The summed E-state index contributed by atoms with van der Waals surface area (Å²) in [5.41, 5.74) is 4.03. The van der Waals surface area contributed by atoms with Crippen molar-refractivity contribution in [2.45, 2.75) is 19.5 Å². The molecule has 0 unspecified atom stereocenters. The molecule has 1 aliphatic rings. The minimum Gasteiger partial charge on any atom is -0.369 e. The third-order valence-electron chi connectivity index (χ3n) is 6.25. The highest BCUT2D eigenvalue weighted by molar-refractivity contribution is 6.35. The van der Waals surface area contributed by atoms with E-state index in [-0.39, 0.29) is 11.9 Å². The van der Waals surface area contributed by atoms with E-state index < -0.39 is 11.8 Å². The zero-order valence-corrected chi connectivity index (χ0v) is 19.8. The van der Waals surface area contributed by atoms with Crippen LogP contribution in [0.1, 0.15) is 22.7 Å². The average Bonchev–Trinajstić information content (AvgIpc) is 2.89. The molecule has 1 fully saturated rings. The number of rotatable bonds is 7. The Labute approximate surface area is 205 Å². The second-order valence-electron chi connectivity index (χ2n) is 8.68. The molecule has 1 aliphatic heterocycles. The van der Waals surface area contributed by atoms with E-state index in [1.54, 1.807) is 24.5 Å². The van der Waals surface area contributed by atoms with Crippen LogP contribution in [0.25, 0.3) is 0 Å². The Hall–Kier alpha value is -3.78. The van der Waals surface area contributed by atoms with Gasteiger partial charge in [-0.05, 0) is 48.4 Å². The van der Waals surface area contributed by atoms with Crippen LogP contribution in [0.2, 0.25) is 0 Å². The van der Waals surface area contributed by atoms with Gasteiger partial charge in [-0.3, -0.25) is 19.5 Å². The first kappa shape index (κ1) is 24.3. The molecular weight excluding hydrogens is 445 g/mol. The Morgan fingerprint density at radius 1 is 0.943 bits per heavy atom. The number of anilines is 1. The number of nitrogens with zero attached hydrogens (tertiary/aromatic N) is 3. The lowest BCUT2D eigenvalue weighted by atomic mass is 10.1. The summed E-state index contributed by atoms with van der Waals surface area (Å²) in [6.45, 7) is 5.64. The Kier molecular flexibility index (Phi) is 8.05. The second kappa shape index (κ2) is 11.6. The SMILES string of the molecule is Cc1ccc(CNC(=O)C(=O)NC[C@@H](c2cccnc2)N2CCN(c3ccc(F)cc3)CC2)cc1. The van der Waals surface area contributed by atoms with Gasteiger partial charge in [-0.25, -0.2) is 4.39 Å². The Bertz CT molecular complexity index is 1110. The van der Waals surface area contributed by atoms with Gasteiger partial charge in [-0.15, -0.1) is 0 Å². The number of benzene rings is 2. The molecule has 0 saturated carbocycles. The minimum absolute atomic E-state index is 0.118. The fourth-order valence-corrected chi connectivity index (χ4v) is 4.21. The van der Waals surface area contributed by atoms with Crippen molar-refractivity contribution in [1.82, 2.24) is 20.5 Å². The van der Waals surface area contributed by atoms with Crippen molar-refractivity contribution < 1.29 is 14.0 Å². The first-order valence-corrected chi connectivity index (χ1v) is 11.8. The Morgan fingerprint density at radius 2 is 1.63 bits per heavy atom. The van der Waals surface area contributed by atoms with Gasteiger partial charge >= 0.3 is 11.8 Å². The van der Waals surface area contributed by atoms with Crippen molar-refractivity contribution in [1.29, 1.82) is 0 Å². The van der Waals surface area contributed by atoms with Crippen LogP contribution in [0, 0.1) is 12.7 Å². The summed E-state index contributed by atoms with van der Waals surface area (Å²) in [6.07, 6.45) is 3.50. The number of pyridine rings is 1. The summed E-state index contributed by atoms with van der Waals surface area (Å²) < 4.78 is 13.3. The van der Waals surface area contributed by atoms with Crippen molar-refractivity contribution in [3.05, 3.63) is 95.6 Å². The van der Waals surface area contributed by atoms with E-state index in [9.17, 15) is 14.0 Å². The van der Waals surface area contributed by atoms with Gasteiger partial charge in [0.15, 0.2) is 0 Å². The quantitative estimate of drug-likeness (QED) is 0.514. The van der Waals surface area contributed by atoms with Crippen LogP contribution in [-0.4, -0.2) is 54.4 Å². The lowest BCUT2D eigenvalue weighted by Crippen LogP contribution is -2.50. The standard InChI is InChI=1S/C27H30FN5O2/c1-20-4-6-21(7-5-20)17-30-26(34)27(35)31-19-25(22-3-2-12-29-18-22)33-15-13-32(14-16-33)24-10-8-23(28)9-11-24/h2-12,18,25H,13-17,19H2,1H3,(H,30,34)(H,31,35)/t25-/m0/s1. The largest absolute Gasteiger partial charge is 0.369 e. The summed E-state index contributed by atoms with van der Waals surface area (Å²) in [7, 11) is 0. The predicted octanol–water partition coefficient (Wildman–Crippen LogP) is 2.83. The highest BCUT2D eigenvalue weighted by Crippen LogP contribution is 2.23. The van der Waals surface area contributed by atoms with Crippen LogP contribution in [0.3, 0.4) is 0 Å². The van der Waals surface area contributed by atoms with E-state index in [1.807, 2.05) is 43.3 Å². The molecule has 35 heavy (non-hydrogen) atoms. The molecule has 182 valence electrons. The lowest BCUT2D eigenvalue weighted by molar-refractivity contribution is -0.139. The first-order chi connectivity index (χ1) is 17.0. The highest BCUT2D eigenvalue weighted by atomic mass is 19.1. The molecule has 4 rings (SSSR count). The van der Waals surface area contributed by atoms with E-state index >= 15 is 0 Å². The fourth-order valence-electron chi connectivity index (χ4n) is 4.21. The lowest BCUT2D eigenvalue weighted by Gasteiger charge is -2.40. The molecule has 2 heterocycles. The maximum absolute atomic E-state index is 13.3. The first-order valence-electron chi connectivity index (χ1n) is 11.8. The molecule has 7 nitrogen and oxygen atoms in total. The van der Waals surface area contributed by atoms with E-state index in [2.05, 4.69) is 25.4 Å². The molecule has 0 radical (unpaired) electrons. The van der Waals surface area contributed by atoms with Crippen LogP contribution in [0.4, 0.5) is 10.1 Å². The average molecular weight is 476 g/mol. The zero-order chi connectivity index (χ0) is 24.6. The van der Waals surface area contributed by atoms with Crippen LogP contribution < -0.4 is 15.5 Å². The smallest absolute Gasteiger partial charge is 0.309 e. The van der Waals surface area contributed by atoms with Crippen molar-refractivity contribution in [2.75, 3.05) is 37.6 Å². The van der Waals surface area contributed by atoms with Gasteiger partial charge in [0.05, 0.1) is 6.04 Å². The minimum atomic E-state index is -0.657. The molecular formula is C27H30FN5O2. The van der Waals surface area contributed by atoms with Gasteiger partial charge in [0.25, 0.3) is 0 Å². The molecule has 0 spiro atoms.